The Balaban J connectivity index is 3.39. The molecule has 0 heterocycles. The monoisotopic (exact) mass is 1040 g/mol. The van der Waals surface area contributed by atoms with E-state index in [1.807, 2.05) is 6.08 Å². The van der Waals surface area contributed by atoms with Gasteiger partial charge in [-0.1, -0.05) is 301 Å². The number of allylic oxidation sites excluding steroid dienone is 5. The van der Waals surface area contributed by atoms with Crippen LogP contribution in [0.25, 0.3) is 0 Å². The predicted octanol–water partition coefficient (Wildman–Crippen LogP) is 21.1. The molecule has 0 aliphatic heterocycles. The average molecular weight is 1040 g/mol. The van der Waals surface area contributed by atoms with Gasteiger partial charge in [-0.15, -0.1) is 0 Å². The fourth-order valence-electron chi connectivity index (χ4n) is 10.3. The van der Waals surface area contributed by atoms with Gasteiger partial charge in [0.15, 0.2) is 0 Å². The third-order valence-electron chi connectivity index (χ3n) is 15.4. The van der Waals surface area contributed by atoms with Crippen LogP contribution in [0.15, 0.2) is 36.5 Å². The number of esters is 1. The predicted molar refractivity (Wildman–Crippen MR) is 324 cm³/mol. The minimum atomic E-state index is -0.845. The first-order valence-electron chi connectivity index (χ1n) is 33.3. The van der Waals surface area contributed by atoms with Crippen LogP contribution < -0.4 is 5.32 Å². The summed E-state index contributed by atoms with van der Waals surface area (Å²) in [5.74, 6) is -0.0602. The summed E-state index contributed by atoms with van der Waals surface area (Å²) in [5.41, 5.74) is 0. The second-order valence-corrected chi connectivity index (χ2v) is 22.8. The molecule has 0 aromatic heterocycles. The molecule has 74 heavy (non-hydrogen) atoms. The molecular formula is C68H129NO5. The summed E-state index contributed by atoms with van der Waals surface area (Å²) in [4.78, 5) is 24.5. The minimum absolute atomic E-state index is 0.00751. The van der Waals surface area contributed by atoms with Crippen molar-refractivity contribution in [3.05, 3.63) is 36.5 Å². The lowest BCUT2D eigenvalue weighted by Crippen LogP contribution is -2.45. The van der Waals surface area contributed by atoms with E-state index in [4.69, 9.17) is 4.74 Å². The van der Waals surface area contributed by atoms with E-state index in [0.717, 1.165) is 44.9 Å². The van der Waals surface area contributed by atoms with Gasteiger partial charge in [0.1, 0.15) is 0 Å². The largest absolute Gasteiger partial charge is 0.466 e. The van der Waals surface area contributed by atoms with E-state index < -0.39 is 12.1 Å². The number of carbonyl (C=O) groups excluding carboxylic acids is 2. The number of amides is 1. The van der Waals surface area contributed by atoms with Gasteiger partial charge in [0.2, 0.25) is 5.91 Å². The zero-order chi connectivity index (χ0) is 53.6. The summed E-state index contributed by atoms with van der Waals surface area (Å²) in [7, 11) is 0. The fraction of sp³-hybridized carbons (Fsp3) is 0.882. The molecule has 436 valence electrons. The average Bonchev–Trinajstić information content (AvgIpc) is 3.40. The lowest BCUT2D eigenvalue weighted by atomic mass is 10.0. The van der Waals surface area contributed by atoms with Gasteiger partial charge in [-0.2, -0.15) is 0 Å². The lowest BCUT2D eigenvalue weighted by Gasteiger charge is -2.20. The van der Waals surface area contributed by atoms with E-state index in [2.05, 4.69) is 43.5 Å². The lowest BCUT2D eigenvalue weighted by molar-refractivity contribution is -0.143. The molecule has 0 aliphatic carbocycles. The van der Waals surface area contributed by atoms with Crippen molar-refractivity contribution in [1.82, 2.24) is 5.32 Å². The van der Waals surface area contributed by atoms with Gasteiger partial charge in [0.25, 0.3) is 0 Å². The zero-order valence-electron chi connectivity index (χ0n) is 49.8. The maximum absolute atomic E-state index is 12.5. The molecule has 2 unspecified atom stereocenters. The van der Waals surface area contributed by atoms with Crippen LogP contribution in [-0.4, -0.2) is 47.4 Å². The topological polar surface area (TPSA) is 95.9 Å². The van der Waals surface area contributed by atoms with Crippen molar-refractivity contribution in [1.29, 1.82) is 0 Å². The third kappa shape index (κ3) is 59.3. The number of rotatable bonds is 62. The van der Waals surface area contributed by atoms with E-state index in [9.17, 15) is 19.8 Å². The number of hydrogen-bond acceptors (Lipinski definition) is 5. The summed E-state index contributed by atoms with van der Waals surface area (Å²) in [6.07, 6.45) is 80.6. The fourth-order valence-corrected chi connectivity index (χ4v) is 10.3. The molecule has 0 fully saturated rings. The van der Waals surface area contributed by atoms with Crippen LogP contribution in [0.3, 0.4) is 0 Å². The number of aliphatic hydroxyl groups excluding tert-OH is 2. The highest BCUT2D eigenvalue weighted by Gasteiger charge is 2.18. The minimum Gasteiger partial charge on any atom is -0.466 e. The first-order valence-corrected chi connectivity index (χ1v) is 33.3. The standard InChI is InChI=1S/C68H129NO5/c1-3-5-7-9-11-13-15-17-19-34-38-42-46-50-54-58-62-68(73)74-63-59-55-51-47-43-39-35-32-30-28-26-24-22-20-21-23-25-27-29-31-33-37-41-45-49-53-57-61-67(72)69-65(64-70)66(71)60-56-52-48-44-40-36-18-16-14-12-10-8-6-4-2/h19-21,34,56,60,65-66,70-71H,3-18,22-33,35-55,57-59,61-64H2,1-2H3,(H,69,72)/b21-20-,34-19-,60-56+. The summed E-state index contributed by atoms with van der Waals surface area (Å²) in [6, 6.07) is -0.628. The Morgan fingerprint density at radius 3 is 0.959 bits per heavy atom. The number of carbonyl (C=O) groups is 2. The van der Waals surface area contributed by atoms with Gasteiger partial charge in [-0.3, -0.25) is 9.59 Å². The van der Waals surface area contributed by atoms with Gasteiger partial charge in [-0.25, -0.2) is 0 Å². The maximum Gasteiger partial charge on any atom is 0.305 e. The molecule has 0 rings (SSSR count). The molecule has 2 atom stereocenters. The van der Waals surface area contributed by atoms with Gasteiger partial charge in [0.05, 0.1) is 25.4 Å². The molecule has 0 aromatic carbocycles. The normalized spacial score (nSPS) is 12.8. The molecule has 0 bridgehead atoms. The van der Waals surface area contributed by atoms with Crippen LogP contribution in [0.5, 0.6) is 0 Å². The van der Waals surface area contributed by atoms with E-state index in [-0.39, 0.29) is 18.5 Å². The Kier molecular flexibility index (Phi) is 62.0. The number of nitrogens with one attached hydrogen (secondary N) is 1. The molecule has 0 aromatic rings. The quantitative estimate of drug-likeness (QED) is 0.0320. The highest BCUT2D eigenvalue weighted by atomic mass is 16.5. The van der Waals surface area contributed by atoms with Crippen molar-refractivity contribution in [2.45, 2.75) is 373 Å². The van der Waals surface area contributed by atoms with Crippen molar-refractivity contribution in [2.24, 2.45) is 0 Å². The Morgan fingerprint density at radius 2 is 0.635 bits per heavy atom. The molecule has 0 saturated carbocycles. The first kappa shape index (κ1) is 72.1. The maximum atomic E-state index is 12.5. The van der Waals surface area contributed by atoms with Gasteiger partial charge < -0.3 is 20.3 Å². The van der Waals surface area contributed by atoms with Crippen LogP contribution in [0.2, 0.25) is 0 Å². The van der Waals surface area contributed by atoms with Crippen LogP contribution in [0.1, 0.15) is 361 Å². The summed E-state index contributed by atoms with van der Waals surface area (Å²) in [6.45, 7) is 4.91. The summed E-state index contributed by atoms with van der Waals surface area (Å²) < 4.78 is 5.49. The summed E-state index contributed by atoms with van der Waals surface area (Å²) in [5, 5.41) is 23.1. The molecule has 3 N–H and O–H groups in total. The molecule has 6 nitrogen and oxygen atoms in total. The van der Waals surface area contributed by atoms with Crippen LogP contribution >= 0.6 is 0 Å². The smallest absolute Gasteiger partial charge is 0.305 e. The molecule has 0 saturated heterocycles. The Labute approximate surface area is 462 Å². The first-order chi connectivity index (χ1) is 36.5. The van der Waals surface area contributed by atoms with Gasteiger partial charge >= 0.3 is 5.97 Å². The van der Waals surface area contributed by atoms with Crippen molar-refractivity contribution in [3.63, 3.8) is 0 Å². The van der Waals surface area contributed by atoms with E-state index in [1.165, 1.54) is 289 Å². The highest BCUT2D eigenvalue weighted by molar-refractivity contribution is 5.76. The zero-order valence-corrected chi connectivity index (χ0v) is 49.8. The van der Waals surface area contributed by atoms with Gasteiger partial charge in [-0.05, 0) is 83.5 Å². The second-order valence-electron chi connectivity index (χ2n) is 22.8. The van der Waals surface area contributed by atoms with Crippen LogP contribution in [0, 0.1) is 0 Å². The molecular weight excluding hydrogens is 911 g/mol. The van der Waals surface area contributed by atoms with Crippen molar-refractivity contribution >= 4 is 11.9 Å². The van der Waals surface area contributed by atoms with E-state index >= 15 is 0 Å². The van der Waals surface area contributed by atoms with E-state index in [0.29, 0.717) is 19.4 Å². The van der Waals surface area contributed by atoms with Crippen LogP contribution in [0.4, 0.5) is 0 Å². The summed E-state index contributed by atoms with van der Waals surface area (Å²) >= 11 is 0. The number of hydrogen-bond donors (Lipinski definition) is 3. The van der Waals surface area contributed by atoms with Gasteiger partial charge in [0, 0.05) is 12.8 Å². The van der Waals surface area contributed by atoms with Crippen molar-refractivity contribution < 1.29 is 24.5 Å². The molecule has 0 spiro atoms. The van der Waals surface area contributed by atoms with Crippen LogP contribution in [-0.2, 0) is 14.3 Å². The molecule has 0 radical (unpaired) electrons. The second kappa shape index (κ2) is 63.6. The Bertz CT molecular complexity index is 1200. The number of ether oxygens (including phenoxy) is 1. The molecule has 1 amide bonds. The molecule has 0 aliphatic rings. The Hall–Kier alpha value is -1.92. The van der Waals surface area contributed by atoms with Crippen molar-refractivity contribution in [3.8, 4) is 0 Å². The Morgan fingerprint density at radius 1 is 0.365 bits per heavy atom. The third-order valence-corrected chi connectivity index (χ3v) is 15.4. The van der Waals surface area contributed by atoms with Crippen molar-refractivity contribution in [2.75, 3.05) is 13.2 Å². The highest BCUT2D eigenvalue weighted by Crippen LogP contribution is 2.17. The van der Waals surface area contributed by atoms with E-state index in [1.54, 1.807) is 6.08 Å². The SMILES string of the molecule is CCCCCCCCC/C=C\CCCCCCCC(=O)OCCCCCCCCCCCCCC/C=C\CCCCCCCCCCCCCC(=O)NC(CO)C(O)/C=C/CCCCCCCCCCCCCC. The number of unbranched alkanes of at least 4 members (excludes halogenated alkanes) is 47. The number of aliphatic hydroxyl groups is 2. The molecule has 6 heteroatoms.